The highest BCUT2D eigenvalue weighted by Crippen LogP contribution is 2.25. The molecule has 0 aliphatic heterocycles. The average molecular weight is 236 g/mol. The van der Waals surface area contributed by atoms with E-state index in [0.717, 1.165) is 0 Å². The molecule has 0 spiro atoms. The van der Waals surface area contributed by atoms with Gasteiger partial charge >= 0.3 is 0 Å². The summed E-state index contributed by atoms with van der Waals surface area (Å²) in [5, 5.41) is 9.44. The molecule has 1 rings (SSSR count). The van der Waals surface area contributed by atoms with E-state index in [1.54, 1.807) is 29.2 Å². The van der Waals surface area contributed by atoms with E-state index in [0.29, 0.717) is 18.8 Å². The zero-order valence-corrected chi connectivity index (χ0v) is 10.6. The number of hydrogen-bond donors (Lipinski definition) is 2. The zero-order valence-electron chi connectivity index (χ0n) is 10.6. The molecule has 0 fully saturated rings. The number of nitrogens with zero attached hydrogens (tertiary/aromatic N) is 1. The number of carbonyl (C=O) groups excluding carboxylic acids is 1. The van der Waals surface area contributed by atoms with Gasteiger partial charge in [-0.3, -0.25) is 4.79 Å². The summed E-state index contributed by atoms with van der Waals surface area (Å²) < 4.78 is 0. The molecule has 0 atom stereocenters. The maximum atomic E-state index is 12.3. The van der Waals surface area contributed by atoms with Crippen LogP contribution in [0, 0.1) is 5.41 Å². The Labute approximate surface area is 102 Å². The molecule has 0 saturated carbocycles. The zero-order chi connectivity index (χ0) is 13.1. The first-order valence-corrected chi connectivity index (χ1v) is 5.73. The minimum absolute atomic E-state index is 0.0342. The second-order valence-electron chi connectivity index (χ2n) is 4.66. The number of aromatic hydroxyl groups is 1. The normalized spacial score (nSPS) is 11.3. The SMILES string of the molecule is CCN(C(=O)C(C)(C)CN)c1cccc(O)c1. The number of amides is 1. The van der Waals surface area contributed by atoms with Gasteiger partial charge in [0, 0.05) is 24.8 Å². The van der Waals surface area contributed by atoms with Gasteiger partial charge in [0.1, 0.15) is 5.75 Å². The molecule has 0 aliphatic carbocycles. The van der Waals surface area contributed by atoms with Crippen LogP contribution in [0.4, 0.5) is 5.69 Å². The predicted octanol–water partition coefficient (Wildman–Crippen LogP) is 1.73. The molecule has 94 valence electrons. The van der Waals surface area contributed by atoms with Crippen molar-refractivity contribution in [3.05, 3.63) is 24.3 Å². The molecule has 0 unspecified atom stereocenters. The highest BCUT2D eigenvalue weighted by atomic mass is 16.3. The van der Waals surface area contributed by atoms with Gasteiger partial charge in [-0.25, -0.2) is 0 Å². The molecule has 17 heavy (non-hydrogen) atoms. The van der Waals surface area contributed by atoms with Crippen LogP contribution in [0.25, 0.3) is 0 Å². The van der Waals surface area contributed by atoms with Gasteiger partial charge in [-0.15, -0.1) is 0 Å². The Bertz CT molecular complexity index is 402. The summed E-state index contributed by atoms with van der Waals surface area (Å²) in [6.45, 7) is 6.38. The van der Waals surface area contributed by atoms with Gasteiger partial charge in [-0.2, -0.15) is 0 Å². The van der Waals surface area contributed by atoms with Gasteiger partial charge in [0.15, 0.2) is 0 Å². The van der Waals surface area contributed by atoms with Crippen molar-refractivity contribution in [2.75, 3.05) is 18.0 Å². The number of anilines is 1. The highest BCUT2D eigenvalue weighted by Gasteiger charge is 2.30. The Hall–Kier alpha value is -1.55. The van der Waals surface area contributed by atoms with Crippen molar-refractivity contribution in [1.29, 1.82) is 0 Å². The smallest absolute Gasteiger partial charge is 0.233 e. The molecular weight excluding hydrogens is 216 g/mol. The van der Waals surface area contributed by atoms with E-state index in [9.17, 15) is 9.90 Å². The van der Waals surface area contributed by atoms with Crippen LogP contribution in [-0.4, -0.2) is 24.1 Å². The van der Waals surface area contributed by atoms with Crippen LogP contribution in [0.1, 0.15) is 20.8 Å². The van der Waals surface area contributed by atoms with E-state index in [-0.39, 0.29) is 11.7 Å². The first kappa shape index (κ1) is 13.5. The van der Waals surface area contributed by atoms with E-state index in [1.165, 1.54) is 0 Å². The van der Waals surface area contributed by atoms with Crippen molar-refractivity contribution in [3.63, 3.8) is 0 Å². The number of hydrogen-bond acceptors (Lipinski definition) is 3. The summed E-state index contributed by atoms with van der Waals surface area (Å²) in [5.74, 6) is 0.118. The van der Waals surface area contributed by atoms with Crippen LogP contribution < -0.4 is 10.6 Å². The lowest BCUT2D eigenvalue weighted by Crippen LogP contribution is -2.44. The third kappa shape index (κ3) is 2.97. The van der Waals surface area contributed by atoms with Gasteiger partial charge in [-0.05, 0) is 32.9 Å². The quantitative estimate of drug-likeness (QED) is 0.836. The standard InChI is InChI=1S/C13H20N2O2/c1-4-15(12(17)13(2,3)9-14)10-6-5-7-11(16)8-10/h5-8,16H,4,9,14H2,1-3H3. The van der Waals surface area contributed by atoms with E-state index >= 15 is 0 Å². The Morgan fingerprint density at radius 1 is 1.47 bits per heavy atom. The van der Waals surface area contributed by atoms with Crippen LogP contribution in [0.15, 0.2) is 24.3 Å². The Morgan fingerprint density at radius 3 is 2.59 bits per heavy atom. The van der Waals surface area contributed by atoms with Gasteiger partial charge in [-0.1, -0.05) is 6.07 Å². The van der Waals surface area contributed by atoms with Gasteiger partial charge in [0.05, 0.1) is 5.41 Å². The van der Waals surface area contributed by atoms with Crippen LogP contribution in [-0.2, 0) is 4.79 Å². The lowest BCUT2D eigenvalue weighted by Gasteiger charge is -2.30. The van der Waals surface area contributed by atoms with Crippen LogP contribution in [0.5, 0.6) is 5.75 Å². The number of rotatable bonds is 4. The molecule has 1 amide bonds. The third-order valence-corrected chi connectivity index (χ3v) is 2.79. The summed E-state index contributed by atoms with van der Waals surface area (Å²) in [5.41, 5.74) is 5.71. The number of carbonyl (C=O) groups is 1. The fourth-order valence-electron chi connectivity index (χ4n) is 1.56. The molecule has 0 aromatic heterocycles. The third-order valence-electron chi connectivity index (χ3n) is 2.79. The molecule has 0 heterocycles. The van der Waals surface area contributed by atoms with Gasteiger partial charge in [0.25, 0.3) is 0 Å². The number of phenols is 1. The van der Waals surface area contributed by atoms with E-state index in [4.69, 9.17) is 5.73 Å². The monoisotopic (exact) mass is 236 g/mol. The first-order chi connectivity index (χ1) is 7.92. The highest BCUT2D eigenvalue weighted by molar-refractivity contribution is 5.97. The van der Waals surface area contributed by atoms with Gasteiger partial charge < -0.3 is 15.7 Å². The fraction of sp³-hybridized carbons (Fsp3) is 0.462. The minimum Gasteiger partial charge on any atom is -0.508 e. The van der Waals surface area contributed by atoms with Crippen molar-refractivity contribution in [2.24, 2.45) is 11.1 Å². The molecule has 0 bridgehead atoms. The summed E-state index contributed by atoms with van der Waals surface area (Å²) in [6, 6.07) is 6.67. The molecule has 4 heteroatoms. The van der Waals surface area contributed by atoms with Crippen molar-refractivity contribution >= 4 is 11.6 Å². The number of phenolic OH excluding ortho intramolecular Hbond substituents is 1. The average Bonchev–Trinajstić information content (AvgIpc) is 2.30. The van der Waals surface area contributed by atoms with Crippen molar-refractivity contribution in [1.82, 2.24) is 0 Å². The molecule has 0 saturated heterocycles. The summed E-state index contributed by atoms with van der Waals surface area (Å²) in [6.07, 6.45) is 0. The Kier molecular flexibility index (Phi) is 4.12. The predicted molar refractivity (Wildman–Crippen MR) is 69.0 cm³/mol. The molecule has 0 aliphatic rings. The van der Waals surface area contributed by atoms with Crippen LogP contribution in [0.2, 0.25) is 0 Å². The van der Waals surface area contributed by atoms with Crippen LogP contribution >= 0.6 is 0 Å². The summed E-state index contributed by atoms with van der Waals surface area (Å²) >= 11 is 0. The topological polar surface area (TPSA) is 66.6 Å². The molecule has 1 aromatic carbocycles. The Balaban J connectivity index is 3.04. The van der Waals surface area contributed by atoms with Crippen molar-refractivity contribution in [3.8, 4) is 5.75 Å². The van der Waals surface area contributed by atoms with E-state index in [1.807, 2.05) is 20.8 Å². The van der Waals surface area contributed by atoms with Crippen molar-refractivity contribution in [2.45, 2.75) is 20.8 Å². The lowest BCUT2D eigenvalue weighted by molar-refractivity contribution is -0.126. The second kappa shape index (κ2) is 5.19. The number of nitrogens with two attached hydrogens (primary N) is 1. The molecule has 1 aromatic rings. The Morgan fingerprint density at radius 2 is 2.12 bits per heavy atom. The van der Waals surface area contributed by atoms with Crippen LogP contribution in [0.3, 0.4) is 0 Å². The summed E-state index contributed by atoms with van der Waals surface area (Å²) in [4.78, 5) is 13.9. The minimum atomic E-state index is -0.596. The first-order valence-electron chi connectivity index (χ1n) is 5.73. The lowest BCUT2D eigenvalue weighted by atomic mass is 9.91. The molecule has 4 nitrogen and oxygen atoms in total. The van der Waals surface area contributed by atoms with Gasteiger partial charge in [0.2, 0.25) is 5.91 Å². The molecule has 3 N–H and O–H groups in total. The fourth-order valence-corrected chi connectivity index (χ4v) is 1.56. The molecular formula is C13H20N2O2. The second-order valence-corrected chi connectivity index (χ2v) is 4.66. The maximum Gasteiger partial charge on any atom is 0.233 e. The molecule has 0 radical (unpaired) electrons. The number of benzene rings is 1. The van der Waals surface area contributed by atoms with E-state index in [2.05, 4.69) is 0 Å². The summed E-state index contributed by atoms with van der Waals surface area (Å²) in [7, 11) is 0. The maximum absolute atomic E-state index is 12.3. The largest absolute Gasteiger partial charge is 0.508 e. The van der Waals surface area contributed by atoms with E-state index < -0.39 is 5.41 Å². The van der Waals surface area contributed by atoms with Crippen molar-refractivity contribution < 1.29 is 9.90 Å².